The summed E-state index contributed by atoms with van der Waals surface area (Å²) in [5.74, 6) is -1.18. The van der Waals surface area contributed by atoms with E-state index in [1.807, 2.05) is 0 Å². The molecule has 1 aromatic carbocycles. The second-order valence-electron chi connectivity index (χ2n) is 4.38. The van der Waals surface area contributed by atoms with Crippen LogP contribution in [0.4, 0.5) is 5.69 Å². The summed E-state index contributed by atoms with van der Waals surface area (Å²) in [4.78, 5) is 34.5. The normalized spacial score (nSPS) is 11.4. The Hall–Kier alpha value is -2.64. The van der Waals surface area contributed by atoms with E-state index >= 15 is 0 Å². The van der Waals surface area contributed by atoms with Crippen molar-refractivity contribution in [1.82, 2.24) is 4.90 Å². The fourth-order valence-corrected chi connectivity index (χ4v) is 1.51. The van der Waals surface area contributed by atoms with Gasteiger partial charge in [-0.2, -0.15) is 0 Å². The molecular formula is C13H16N2O6. The Morgan fingerprint density at radius 3 is 2.52 bits per heavy atom. The lowest BCUT2D eigenvalue weighted by Crippen LogP contribution is -2.35. The van der Waals surface area contributed by atoms with Crippen LogP contribution in [0.5, 0.6) is 5.75 Å². The standard InChI is InChI=1S/C13H16N2O6/c1-9(13(17)14(2)3)21-12(16)8-20-11-7-5-4-6-10(11)15(18)19/h4-7,9H,8H2,1-3H3/t9-/m0/s1. The van der Waals surface area contributed by atoms with Gasteiger partial charge < -0.3 is 14.4 Å². The van der Waals surface area contributed by atoms with Gasteiger partial charge in [-0.05, 0) is 13.0 Å². The number of benzene rings is 1. The van der Waals surface area contributed by atoms with Crippen LogP contribution in [0.25, 0.3) is 0 Å². The van der Waals surface area contributed by atoms with E-state index in [4.69, 9.17) is 9.47 Å². The molecule has 1 amide bonds. The van der Waals surface area contributed by atoms with E-state index in [1.54, 1.807) is 6.07 Å². The zero-order valence-corrected chi connectivity index (χ0v) is 11.9. The lowest BCUT2D eigenvalue weighted by atomic mass is 10.3. The molecule has 1 aromatic rings. The number of hydrogen-bond donors (Lipinski definition) is 0. The molecule has 0 fully saturated rings. The first-order valence-electron chi connectivity index (χ1n) is 6.09. The van der Waals surface area contributed by atoms with Crippen molar-refractivity contribution >= 4 is 17.6 Å². The summed E-state index contributed by atoms with van der Waals surface area (Å²) in [7, 11) is 3.08. The molecule has 0 aliphatic carbocycles. The molecule has 0 aliphatic rings. The van der Waals surface area contributed by atoms with E-state index in [2.05, 4.69) is 0 Å². The van der Waals surface area contributed by atoms with E-state index in [0.29, 0.717) is 0 Å². The zero-order chi connectivity index (χ0) is 16.0. The molecule has 0 heterocycles. The molecule has 21 heavy (non-hydrogen) atoms. The predicted octanol–water partition coefficient (Wildman–Crippen LogP) is 0.993. The van der Waals surface area contributed by atoms with Crippen molar-refractivity contribution in [2.24, 2.45) is 0 Å². The quantitative estimate of drug-likeness (QED) is 0.441. The number of amides is 1. The maximum absolute atomic E-state index is 11.5. The Morgan fingerprint density at radius 2 is 1.95 bits per heavy atom. The topological polar surface area (TPSA) is 99.0 Å². The first-order valence-corrected chi connectivity index (χ1v) is 6.09. The molecule has 0 aliphatic heterocycles. The van der Waals surface area contributed by atoms with Gasteiger partial charge in [0.2, 0.25) is 0 Å². The minimum absolute atomic E-state index is 0.0361. The molecule has 1 atom stereocenters. The molecule has 0 bridgehead atoms. The van der Waals surface area contributed by atoms with Gasteiger partial charge in [0.25, 0.3) is 5.91 Å². The summed E-state index contributed by atoms with van der Waals surface area (Å²) in [6.07, 6.45) is -0.943. The molecule has 0 saturated heterocycles. The third kappa shape index (κ3) is 4.75. The maximum Gasteiger partial charge on any atom is 0.344 e. The largest absolute Gasteiger partial charge is 0.475 e. The number of hydrogen-bond acceptors (Lipinski definition) is 6. The van der Waals surface area contributed by atoms with Crippen LogP contribution < -0.4 is 4.74 Å². The number of nitro groups is 1. The molecule has 8 nitrogen and oxygen atoms in total. The third-order valence-corrected chi connectivity index (χ3v) is 2.50. The number of para-hydroxylation sites is 2. The van der Waals surface area contributed by atoms with Crippen molar-refractivity contribution in [2.75, 3.05) is 20.7 Å². The molecule has 0 radical (unpaired) electrons. The Kier molecular flexibility index (Phi) is 5.65. The van der Waals surface area contributed by atoms with Gasteiger partial charge in [0, 0.05) is 20.2 Å². The van der Waals surface area contributed by atoms with Crippen molar-refractivity contribution < 1.29 is 24.0 Å². The summed E-state index contributed by atoms with van der Waals surface area (Å²) in [5.41, 5.74) is -0.247. The van der Waals surface area contributed by atoms with Gasteiger partial charge in [-0.15, -0.1) is 0 Å². The fraction of sp³-hybridized carbons (Fsp3) is 0.385. The van der Waals surface area contributed by atoms with Gasteiger partial charge in [0.05, 0.1) is 4.92 Å². The van der Waals surface area contributed by atoms with Crippen molar-refractivity contribution in [1.29, 1.82) is 0 Å². The van der Waals surface area contributed by atoms with E-state index in [9.17, 15) is 19.7 Å². The van der Waals surface area contributed by atoms with Gasteiger partial charge >= 0.3 is 11.7 Å². The van der Waals surface area contributed by atoms with E-state index in [1.165, 1.54) is 44.1 Å². The van der Waals surface area contributed by atoms with Gasteiger partial charge in [-0.1, -0.05) is 12.1 Å². The first kappa shape index (κ1) is 16.4. The third-order valence-electron chi connectivity index (χ3n) is 2.50. The minimum Gasteiger partial charge on any atom is -0.475 e. The highest BCUT2D eigenvalue weighted by Crippen LogP contribution is 2.25. The van der Waals surface area contributed by atoms with Crippen LogP contribution in [0.2, 0.25) is 0 Å². The summed E-state index contributed by atoms with van der Waals surface area (Å²) in [6.45, 7) is 0.918. The van der Waals surface area contributed by atoms with Gasteiger partial charge in [-0.3, -0.25) is 14.9 Å². The van der Waals surface area contributed by atoms with Crippen LogP contribution >= 0.6 is 0 Å². The number of likely N-dealkylation sites (N-methyl/N-ethyl adjacent to an activating group) is 1. The Morgan fingerprint density at radius 1 is 1.33 bits per heavy atom. The van der Waals surface area contributed by atoms with E-state index in [-0.39, 0.29) is 17.3 Å². The zero-order valence-electron chi connectivity index (χ0n) is 11.9. The summed E-state index contributed by atoms with van der Waals surface area (Å²) < 4.78 is 9.93. The average Bonchev–Trinajstić information content (AvgIpc) is 2.44. The SMILES string of the molecule is C[C@H](OC(=O)COc1ccccc1[N+](=O)[O-])C(=O)N(C)C. The molecule has 0 unspecified atom stereocenters. The Labute approximate surface area is 121 Å². The second kappa shape index (κ2) is 7.22. The van der Waals surface area contributed by atoms with Crippen molar-refractivity contribution in [3.8, 4) is 5.75 Å². The predicted molar refractivity (Wildman–Crippen MR) is 72.8 cm³/mol. The molecule has 0 spiro atoms. The van der Waals surface area contributed by atoms with Gasteiger partial charge in [0.1, 0.15) is 0 Å². The first-order chi connectivity index (χ1) is 9.82. The van der Waals surface area contributed by atoms with Crippen molar-refractivity contribution in [3.63, 3.8) is 0 Å². The molecule has 0 saturated carbocycles. The fourth-order valence-electron chi connectivity index (χ4n) is 1.51. The Bertz CT molecular complexity index is 543. The van der Waals surface area contributed by atoms with Crippen LogP contribution in [-0.2, 0) is 14.3 Å². The molecule has 8 heteroatoms. The monoisotopic (exact) mass is 296 g/mol. The van der Waals surface area contributed by atoms with Gasteiger partial charge in [-0.25, -0.2) is 4.79 Å². The molecule has 114 valence electrons. The second-order valence-corrected chi connectivity index (χ2v) is 4.38. The molecular weight excluding hydrogens is 280 g/mol. The molecule has 1 rings (SSSR count). The molecule has 0 aromatic heterocycles. The highest BCUT2D eigenvalue weighted by Gasteiger charge is 2.21. The average molecular weight is 296 g/mol. The number of esters is 1. The van der Waals surface area contributed by atoms with E-state index < -0.39 is 23.6 Å². The summed E-state index contributed by atoms with van der Waals surface area (Å²) in [5, 5.41) is 10.8. The number of ether oxygens (including phenoxy) is 2. The minimum atomic E-state index is -0.943. The van der Waals surface area contributed by atoms with Crippen LogP contribution in [0.15, 0.2) is 24.3 Å². The number of rotatable bonds is 6. The number of nitrogens with zero attached hydrogens (tertiary/aromatic N) is 2. The van der Waals surface area contributed by atoms with Crippen LogP contribution in [0, 0.1) is 10.1 Å². The molecule has 0 N–H and O–H groups in total. The van der Waals surface area contributed by atoms with Crippen LogP contribution in [0.1, 0.15) is 6.92 Å². The summed E-state index contributed by atoms with van der Waals surface area (Å²) in [6, 6.07) is 5.67. The highest BCUT2D eigenvalue weighted by molar-refractivity contribution is 5.83. The maximum atomic E-state index is 11.5. The number of carbonyl (C=O) groups is 2. The highest BCUT2D eigenvalue weighted by atomic mass is 16.6. The van der Waals surface area contributed by atoms with Crippen LogP contribution in [0.3, 0.4) is 0 Å². The number of carbonyl (C=O) groups excluding carboxylic acids is 2. The lowest BCUT2D eigenvalue weighted by molar-refractivity contribution is -0.385. The lowest BCUT2D eigenvalue weighted by Gasteiger charge is -2.17. The van der Waals surface area contributed by atoms with Crippen molar-refractivity contribution in [3.05, 3.63) is 34.4 Å². The van der Waals surface area contributed by atoms with E-state index in [0.717, 1.165) is 0 Å². The van der Waals surface area contributed by atoms with Crippen LogP contribution in [-0.4, -0.2) is 48.5 Å². The number of nitro benzene ring substituents is 1. The van der Waals surface area contributed by atoms with Gasteiger partial charge in [0.15, 0.2) is 18.5 Å². The Balaban J connectivity index is 2.58. The van der Waals surface area contributed by atoms with Crippen molar-refractivity contribution in [2.45, 2.75) is 13.0 Å². The summed E-state index contributed by atoms with van der Waals surface area (Å²) >= 11 is 0. The smallest absolute Gasteiger partial charge is 0.344 e.